The number of aromatic nitrogens is 2. The number of carbonyl (C=O) groups is 4. The van der Waals surface area contributed by atoms with Crippen LogP contribution < -0.4 is 20.1 Å². The number of ether oxygens (including phenoxy) is 2. The summed E-state index contributed by atoms with van der Waals surface area (Å²) in [5.41, 5.74) is -1.23. The van der Waals surface area contributed by atoms with Gasteiger partial charge < -0.3 is 25.0 Å². The maximum atomic E-state index is 14.5. The van der Waals surface area contributed by atoms with Gasteiger partial charge in [-0.2, -0.15) is 0 Å². The number of methoxy groups -OCH3 is 1. The summed E-state index contributed by atoms with van der Waals surface area (Å²) < 4.78 is 38.6. The first-order chi connectivity index (χ1) is 24.3. The normalized spacial score (nSPS) is 23.6. The fourth-order valence-electron chi connectivity index (χ4n) is 6.55. The Morgan fingerprint density at radius 2 is 1.81 bits per heavy atom. The van der Waals surface area contributed by atoms with E-state index >= 15 is 0 Å². The van der Waals surface area contributed by atoms with Crippen molar-refractivity contribution >= 4 is 33.8 Å². The van der Waals surface area contributed by atoms with Gasteiger partial charge in [-0.3, -0.25) is 29.1 Å². The van der Waals surface area contributed by atoms with Crippen LogP contribution in [0.2, 0.25) is 0 Å². The molecule has 4 amide bonds. The summed E-state index contributed by atoms with van der Waals surface area (Å²) in [5, 5.41) is 4.92. The molecule has 3 aliphatic rings. The zero-order valence-electron chi connectivity index (χ0n) is 30.9. The monoisotopic (exact) mass is 738 g/mol. The molecule has 2 aromatic rings. The summed E-state index contributed by atoms with van der Waals surface area (Å²) in [4.78, 5) is 65.9. The lowest BCUT2D eigenvalue weighted by atomic mass is 9.85. The molecule has 2 aliphatic carbocycles. The second kappa shape index (κ2) is 14.5. The lowest BCUT2D eigenvalue weighted by molar-refractivity contribution is -0.143. The van der Waals surface area contributed by atoms with Crippen molar-refractivity contribution in [2.75, 3.05) is 13.7 Å². The molecular weight excluding hydrogens is 689 g/mol. The van der Waals surface area contributed by atoms with Gasteiger partial charge in [0.15, 0.2) is 0 Å². The summed E-state index contributed by atoms with van der Waals surface area (Å²) in [5.74, 6) is -2.15. The molecule has 5 unspecified atom stereocenters. The average molecular weight is 739 g/mol. The Balaban J connectivity index is 1.45. The van der Waals surface area contributed by atoms with Gasteiger partial charge in [0.05, 0.1) is 23.7 Å². The Morgan fingerprint density at radius 1 is 1.10 bits per heavy atom. The fourth-order valence-corrected chi connectivity index (χ4v) is 7.91. The number of alkyl carbamates (subject to hydrolysis) is 1. The van der Waals surface area contributed by atoms with Crippen molar-refractivity contribution in [1.29, 1.82) is 0 Å². The van der Waals surface area contributed by atoms with E-state index in [0.717, 1.165) is 0 Å². The van der Waals surface area contributed by atoms with E-state index in [-0.39, 0.29) is 25.3 Å². The highest BCUT2D eigenvalue weighted by atomic mass is 32.2. The molecule has 14 nitrogen and oxygen atoms in total. The predicted molar refractivity (Wildman–Crippen MR) is 193 cm³/mol. The summed E-state index contributed by atoms with van der Waals surface area (Å²) in [6, 6.07) is 6.94. The van der Waals surface area contributed by atoms with Crippen molar-refractivity contribution in [3.8, 4) is 17.1 Å². The number of carbonyl (C=O) groups excluding carboxylic acids is 4. The number of hydrogen-bond donors (Lipinski definition) is 3. The molecule has 282 valence electrons. The van der Waals surface area contributed by atoms with Crippen LogP contribution >= 0.6 is 0 Å². The summed E-state index contributed by atoms with van der Waals surface area (Å²) in [6.07, 6.45) is 4.06. The average Bonchev–Trinajstić information content (AvgIpc) is 3.99. The first-order valence-electron chi connectivity index (χ1n) is 17.5. The lowest BCUT2D eigenvalue weighted by Crippen LogP contribution is -2.60. The third-order valence-electron chi connectivity index (χ3n) is 9.51. The standard InChI is InChI=1S/C37H50N6O8S/c1-9-23-20-37(23,33(46)42-52(48,49)26-13-14-26)41-31(44)29-17-22(16-24-18-25(50-8)19-28(39-24)27-12-10-11-15-38-27)21-43(29)32(45)30(35(2,3)4)40-34(47)51-36(5,6)7/h9-12,15,18-19,22-23,26,29-30H,1,13-14,16-17,20-21H2,2-8H3,(H,40,47)(H,41,44)(H,42,46). The molecule has 0 radical (unpaired) electrons. The quantitative estimate of drug-likeness (QED) is 0.272. The summed E-state index contributed by atoms with van der Waals surface area (Å²) in [6.45, 7) is 14.5. The van der Waals surface area contributed by atoms with Gasteiger partial charge in [0.25, 0.3) is 5.91 Å². The molecular formula is C37H50N6O8S. The zero-order valence-corrected chi connectivity index (χ0v) is 31.7. The van der Waals surface area contributed by atoms with Crippen LogP contribution in [0.5, 0.6) is 5.75 Å². The minimum Gasteiger partial charge on any atom is -0.497 e. The third-order valence-corrected chi connectivity index (χ3v) is 11.3. The Kier molecular flexibility index (Phi) is 10.8. The van der Waals surface area contributed by atoms with Gasteiger partial charge >= 0.3 is 6.09 Å². The number of pyridine rings is 2. The molecule has 0 aromatic carbocycles. The SMILES string of the molecule is C=CC1CC1(NC(=O)C1CC(Cc2cc(OC)cc(-c3ccccn3)n2)CN1C(=O)C(NC(=O)OC(C)(C)C)C(C)(C)C)C(=O)NS(=O)(=O)C1CC1. The highest BCUT2D eigenvalue weighted by Crippen LogP contribution is 2.46. The predicted octanol–water partition coefficient (Wildman–Crippen LogP) is 3.52. The van der Waals surface area contributed by atoms with Crippen LogP contribution in [0.15, 0.2) is 49.2 Å². The van der Waals surface area contributed by atoms with Crippen molar-refractivity contribution in [3.05, 3.63) is 54.9 Å². The van der Waals surface area contributed by atoms with Gasteiger partial charge in [0, 0.05) is 36.5 Å². The number of rotatable bonds is 12. The molecule has 3 heterocycles. The van der Waals surface area contributed by atoms with Crippen LogP contribution in [0.4, 0.5) is 4.79 Å². The van der Waals surface area contributed by atoms with E-state index in [2.05, 4.69) is 26.9 Å². The van der Waals surface area contributed by atoms with Crippen LogP contribution in [-0.2, 0) is 35.6 Å². The molecule has 52 heavy (non-hydrogen) atoms. The van der Waals surface area contributed by atoms with Crippen LogP contribution in [0, 0.1) is 17.3 Å². The Morgan fingerprint density at radius 3 is 2.37 bits per heavy atom. The molecule has 0 bridgehead atoms. The van der Waals surface area contributed by atoms with E-state index in [0.29, 0.717) is 42.1 Å². The second-order valence-corrected chi connectivity index (χ2v) is 18.0. The molecule has 1 aliphatic heterocycles. The van der Waals surface area contributed by atoms with E-state index < -0.39 is 73.6 Å². The second-order valence-electron chi connectivity index (χ2n) is 16.0. The number of likely N-dealkylation sites (tertiary alicyclic amines) is 1. The number of hydrogen-bond acceptors (Lipinski definition) is 10. The Hall–Kier alpha value is -4.53. The molecule has 2 saturated carbocycles. The van der Waals surface area contributed by atoms with E-state index in [1.54, 1.807) is 73.0 Å². The highest BCUT2D eigenvalue weighted by Gasteiger charge is 2.62. The summed E-state index contributed by atoms with van der Waals surface area (Å²) in [7, 11) is -2.33. The van der Waals surface area contributed by atoms with Crippen LogP contribution in [0.3, 0.4) is 0 Å². The number of amides is 4. The van der Waals surface area contributed by atoms with Crippen LogP contribution in [-0.4, -0.2) is 89.2 Å². The molecule has 15 heteroatoms. The van der Waals surface area contributed by atoms with Gasteiger partial charge in [0.1, 0.15) is 29.0 Å². The van der Waals surface area contributed by atoms with E-state index in [1.165, 1.54) is 11.0 Å². The van der Waals surface area contributed by atoms with Gasteiger partial charge in [-0.15, -0.1) is 6.58 Å². The Bertz CT molecular complexity index is 1820. The number of sulfonamides is 1. The van der Waals surface area contributed by atoms with Crippen LogP contribution in [0.25, 0.3) is 11.4 Å². The highest BCUT2D eigenvalue weighted by molar-refractivity contribution is 7.91. The molecule has 0 spiro atoms. The maximum Gasteiger partial charge on any atom is 0.408 e. The van der Waals surface area contributed by atoms with Gasteiger partial charge in [-0.1, -0.05) is 32.9 Å². The Labute approximate surface area is 305 Å². The minimum absolute atomic E-state index is 0.136. The van der Waals surface area contributed by atoms with E-state index in [1.807, 2.05) is 12.1 Å². The fraction of sp³-hybridized carbons (Fsp3) is 0.568. The largest absolute Gasteiger partial charge is 0.497 e. The van der Waals surface area contributed by atoms with Gasteiger partial charge in [-0.25, -0.2) is 13.2 Å². The lowest BCUT2D eigenvalue weighted by Gasteiger charge is -2.36. The molecule has 1 saturated heterocycles. The van der Waals surface area contributed by atoms with Crippen molar-refractivity contribution in [3.63, 3.8) is 0 Å². The number of nitrogens with one attached hydrogen (secondary N) is 3. The van der Waals surface area contributed by atoms with Crippen molar-refractivity contribution in [2.45, 2.75) is 102 Å². The minimum atomic E-state index is -3.89. The van der Waals surface area contributed by atoms with Crippen molar-refractivity contribution < 1.29 is 37.1 Å². The van der Waals surface area contributed by atoms with Gasteiger partial charge in [-0.05, 0) is 76.3 Å². The zero-order chi connectivity index (χ0) is 38.2. The summed E-state index contributed by atoms with van der Waals surface area (Å²) >= 11 is 0. The smallest absolute Gasteiger partial charge is 0.408 e. The van der Waals surface area contributed by atoms with Crippen molar-refractivity contribution in [2.24, 2.45) is 17.3 Å². The number of nitrogens with zero attached hydrogens (tertiary/aromatic N) is 3. The van der Waals surface area contributed by atoms with Crippen LogP contribution in [0.1, 0.15) is 72.9 Å². The molecule has 3 N–H and O–H groups in total. The third kappa shape index (κ3) is 8.91. The maximum absolute atomic E-state index is 14.5. The van der Waals surface area contributed by atoms with E-state index in [9.17, 15) is 27.6 Å². The topological polar surface area (TPSA) is 186 Å². The molecule has 3 fully saturated rings. The molecule has 2 aromatic heterocycles. The first kappa shape index (κ1) is 38.7. The first-order valence-corrected chi connectivity index (χ1v) is 19.1. The molecule has 5 rings (SSSR count). The van der Waals surface area contributed by atoms with Crippen molar-refractivity contribution in [1.82, 2.24) is 30.2 Å². The van der Waals surface area contributed by atoms with Gasteiger partial charge in [0.2, 0.25) is 21.8 Å². The van der Waals surface area contributed by atoms with E-state index in [4.69, 9.17) is 14.5 Å². The molecule has 5 atom stereocenters.